The molecule has 0 saturated carbocycles. The summed E-state index contributed by atoms with van der Waals surface area (Å²) in [7, 11) is 0. The smallest absolute Gasteiger partial charge is 0.374 e. The Morgan fingerprint density at radius 3 is 2.57 bits per heavy atom. The van der Waals surface area contributed by atoms with Crippen molar-refractivity contribution in [3.05, 3.63) is 64.1 Å². The van der Waals surface area contributed by atoms with Crippen LogP contribution in [0.25, 0.3) is 0 Å². The number of hydrogen-bond acceptors (Lipinski definition) is 4. The van der Waals surface area contributed by atoms with E-state index in [2.05, 4.69) is 21.1 Å². The Bertz CT molecular complexity index is 714. The molecule has 1 atom stereocenters. The Kier molecular flexibility index (Phi) is 5.76. The summed E-state index contributed by atoms with van der Waals surface area (Å²) in [6.07, 6.45) is -0.795. The van der Waals surface area contributed by atoms with Gasteiger partial charge in [0, 0.05) is 10.0 Å². The summed E-state index contributed by atoms with van der Waals surface area (Å²) in [6.45, 7) is 3.56. The molecule has 0 fully saturated rings. The molecule has 120 valence electrons. The van der Waals surface area contributed by atoms with Crippen LogP contribution in [0.2, 0.25) is 0 Å². The number of halogens is 1. The van der Waals surface area contributed by atoms with E-state index in [-0.39, 0.29) is 5.84 Å². The third kappa shape index (κ3) is 5.10. The number of carbonyl (C=O) groups excluding carboxylic acids is 1. The van der Waals surface area contributed by atoms with Crippen molar-refractivity contribution >= 4 is 27.7 Å². The monoisotopic (exact) mass is 376 g/mol. The lowest BCUT2D eigenvalue weighted by Gasteiger charge is -2.12. The van der Waals surface area contributed by atoms with Gasteiger partial charge >= 0.3 is 5.97 Å². The minimum atomic E-state index is -0.795. The lowest BCUT2D eigenvalue weighted by molar-refractivity contribution is -0.151. The van der Waals surface area contributed by atoms with Gasteiger partial charge in [0.05, 0.1) is 0 Å². The average molecular weight is 377 g/mol. The lowest BCUT2D eigenvalue weighted by Crippen LogP contribution is -2.26. The minimum absolute atomic E-state index is 0.113. The number of hydrogen-bond donors (Lipinski definition) is 1. The van der Waals surface area contributed by atoms with Crippen LogP contribution in [0.15, 0.2) is 58.2 Å². The molecule has 0 aromatic heterocycles. The van der Waals surface area contributed by atoms with Crippen LogP contribution < -0.4 is 10.5 Å². The SMILES string of the molecule is Cc1ccc(OC(C)C(=O)O/N=C(\N)c2cccc(Br)c2)cc1. The Morgan fingerprint density at radius 2 is 1.91 bits per heavy atom. The van der Waals surface area contributed by atoms with Crippen molar-refractivity contribution in [1.29, 1.82) is 0 Å². The summed E-state index contributed by atoms with van der Waals surface area (Å²) < 4.78 is 6.35. The second-order valence-corrected chi connectivity index (χ2v) is 5.89. The Labute approximate surface area is 143 Å². The highest BCUT2D eigenvalue weighted by Crippen LogP contribution is 2.14. The van der Waals surface area contributed by atoms with Gasteiger partial charge in [-0.1, -0.05) is 50.9 Å². The van der Waals surface area contributed by atoms with Gasteiger partial charge in [-0.15, -0.1) is 0 Å². The second kappa shape index (κ2) is 7.78. The molecule has 1 unspecified atom stereocenters. The van der Waals surface area contributed by atoms with Gasteiger partial charge in [-0.3, -0.25) is 0 Å². The first-order valence-corrected chi connectivity index (χ1v) is 7.78. The zero-order valence-corrected chi connectivity index (χ0v) is 14.4. The molecule has 0 heterocycles. The fraction of sp³-hybridized carbons (Fsp3) is 0.176. The molecular formula is C17H17BrN2O3. The predicted molar refractivity (Wildman–Crippen MR) is 92.2 cm³/mol. The Hall–Kier alpha value is -2.34. The summed E-state index contributed by atoms with van der Waals surface area (Å²) in [5.41, 5.74) is 7.55. The Balaban J connectivity index is 1.95. The maximum Gasteiger partial charge on any atom is 0.374 e. The van der Waals surface area contributed by atoms with Gasteiger partial charge in [-0.05, 0) is 38.1 Å². The molecule has 2 aromatic carbocycles. The molecule has 2 N–H and O–H groups in total. The first-order valence-electron chi connectivity index (χ1n) is 6.99. The standard InChI is InChI=1S/C17H17BrN2O3/c1-11-6-8-15(9-7-11)22-12(2)17(21)23-20-16(19)13-4-3-5-14(18)10-13/h3-10,12H,1-2H3,(H2,19,20). The van der Waals surface area contributed by atoms with E-state index in [0.29, 0.717) is 11.3 Å². The number of aryl methyl sites for hydroxylation is 1. The fourth-order valence-electron chi connectivity index (χ4n) is 1.74. The van der Waals surface area contributed by atoms with E-state index in [1.807, 2.05) is 31.2 Å². The molecule has 0 aliphatic carbocycles. The van der Waals surface area contributed by atoms with Crippen LogP contribution >= 0.6 is 15.9 Å². The van der Waals surface area contributed by atoms with Gasteiger partial charge < -0.3 is 15.3 Å². The quantitative estimate of drug-likeness (QED) is 0.375. The third-order valence-electron chi connectivity index (χ3n) is 3.02. The van der Waals surface area contributed by atoms with Crippen LogP contribution in [0.1, 0.15) is 18.1 Å². The Morgan fingerprint density at radius 1 is 1.22 bits per heavy atom. The van der Waals surface area contributed by atoms with Gasteiger partial charge in [0.15, 0.2) is 11.9 Å². The number of amidine groups is 1. The summed E-state index contributed by atoms with van der Waals surface area (Å²) in [4.78, 5) is 16.7. The first-order chi connectivity index (χ1) is 11.0. The number of nitrogens with two attached hydrogens (primary N) is 1. The predicted octanol–water partition coefficient (Wildman–Crippen LogP) is 3.39. The van der Waals surface area contributed by atoms with Crippen LogP contribution in [-0.4, -0.2) is 17.9 Å². The van der Waals surface area contributed by atoms with Crippen molar-refractivity contribution in [2.24, 2.45) is 10.9 Å². The minimum Gasteiger partial charge on any atom is -0.479 e. The average Bonchev–Trinajstić information content (AvgIpc) is 2.54. The number of carbonyl (C=O) groups is 1. The number of benzene rings is 2. The topological polar surface area (TPSA) is 73.9 Å². The highest BCUT2D eigenvalue weighted by molar-refractivity contribution is 9.10. The molecule has 5 nitrogen and oxygen atoms in total. The van der Waals surface area contributed by atoms with Gasteiger partial charge in [-0.25, -0.2) is 4.79 Å². The zero-order valence-electron chi connectivity index (χ0n) is 12.8. The number of nitrogens with zero attached hydrogens (tertiary/aromatic N) is 1. The molecule has 0 aliphatic rings. The summed E-state index contributed by atoms with van der Waals surface area (Å²) >= 11 is 3.34. The molecule has 0 aliphatic heterocycles. The van der Waals surface area contributed by atoms with E-state index in [1.165, 1.54) is 0 Å². The van der Waals surface area contributed by atoms with Crippen LogP contribution in [0.4, 0.5) is 0 Å². The normalized spacial score (nSPS) is 12.6. The maximum absolute atomic E-state index is 11.9. The van der Waals surface area contributed by atoms with Crippen molar-refractivity contribution < 1.29 is 14.4 Å². The molecular weight excluding hydrogens is 360 g/mol. The third-order valence-corrected chi connectivity index (χ3v) is 3.51. The summed E-state index contributed by atoms with van der Waals surface area (Å²) in [5, 5.41) is 3.66. The largest absolute Gasteiger partial charge is 0.479 e. The number of ether oxygens (including phenoxy) is 1. The van der Waals surface area contributed by atoms with Gasteiger partial charge in [-0.2, -0.15) is 0 Å². The molecule has 0 spiro atoms. The molecule has 0 amide bonds. The van der Waals surface area contributed by atoms with Crippen molar-refractivity contribution in [3.63, 3.8) is 0 Å². The summed E-state index contributed by atoms with van der Waals surface area (Å²) in [5.74, 6) is 0.0784. The van der Waals surface area contributed by atoms with E-state index < -0.39 is 12.1 Å². The second-order valence-electron chi connectivity index (χ2n) is 4.97. The van der Waals surface area contributed by atoms with Crippen LogP contribution in [0, 0.1) is 6.92 Å². The van der Waals surface area contributed by atoms with Crippen LogP contribution in [0.3, 0.4) is 0 Å². The highest BCUT2D eigenvalue weighted by atomic mass is 79.9. The fourth-order valence-corrected chi connectivity index (χ4v) is 2.14. The maximum atomic E-state index is 11.9. The molecule has 0 radical (unpaired) electrons. The van der Waals surface area contributed by atoms with Crippen LogP contribution in [0.5, 0.6) is 5.75 Å². The highest BCUT2D eigenvalue weighted by Gasteiger charge is 2.17. The number of oxime groups is 1. The van der Waals surface area contributed by atoms with E-state index in [4.69, 9.17) is 15.3 Å². The lowest BCUT2D eigenvalue weighted by atomic mass is 10.2. The van der Waals surface area contributed by atoms with Crippen LogP contribution in [-0.2, 0) is 9.63 Å². The van der Waals surface area contributed by atoms with Gasteiger partial charge in [0.25, 0.3) is 0 Å². The van der Waals surface area contributed by atoms with Crippen molar-refractivity contribution in [1.82, 2.24) is 0 Å². The zero-order chi connectivity index (χ0) is 16.8. The molecule has 0 saturated heterocycles. The van der Waals surface area contributed by atoms with Crippen molar-refractivity contribution in [3.8, 4) is 5.75 Å². The molecule has 6 heteroatoms. The van der Waals surface area contributed by atoms with Gasteiger partial charge in [0.2, 0.25) is 0 Å². The first kappa shape index (κ1) is 17.0. The van der Waals surface area contributed by atoms with Gasteiger partial charge in [0.1, 0.15) is 5.75 Å². The summed E-state index contributed by atoms with van der Waals surface area (Å²) in [6, 6.07) is 14.6. The molecule has 0 bridgehead atoms. The van der Waals surface area contributed by atoms with E-state index >= 15 is 0 Å². The van der Waals surface area contributed by atoms with E-state index in [0.717, 1.165) is 10.0 Å². The molecule has 2 aromatic rings. The molecule has 2 rings (SSSR count). The van der Waals surface area contributed by atoms with E-state index in [1.54, 1.807) is 31.2 Å². The van der Waals surface area contributed by atoms with Crippen molar-refractivity contribution in [2.45, 2.75) is 20.0 Å². The van der Waals surface area contributed by atoms with Crippen molar-refractivity contribution in [2.75, 3.05) is 0 Å². The number of rotatable bonds is 5. The molecule has 23 heavy (non-hydrogen) atoms. The van der Waals surface area contributed by atoms with E-state index in [9.17, 15) is 4.79 Å².